The zero-order chi connectivity index (χ0) is 12.1. The second-order valence-corrected chi connectivity index (χ2v) is 4.43. The number of thioether (sulfide) groups is 1. The Labute approximate surface area is 103 Å². The molecule has 2 rings (SSSR count). The molecule has 0 aliphatic rings. The van der Waals surface area contributed by atoms with Crippen molar-refractivity contribution >= 4 is 17.6 Å². The van der Waals surface area contributed by atoms with Crippen LogP contribution in [-0.4, -0.2) is 9.91 Å². The minimum Gasteiger partial charge on any atom is -0.358 e. The summed E-state index contributed by atoms with van der Waals surface area (Å²) in [7, 11) is 0. The molecule has 0 spiro atoms. The minimum atomic E-state index is -0.494. The third-order valence-corrected chi connectivity index (χ3v) is 3.21. The normalized spacial score (nSPS) is 10.1. The fourth-order valence-electron chi connectivity index (χ4n) is 1.31. The fraction of sp³-hybridized carbons (Fsp3) is 0.0833. The van der Waals surface area contributed by atoms with Gasteiger partial charge in [-0.1, -0.05) is 30.3 Å². The van der Waals surface area contributed by atoms with Crippen molar-refractivity contribution in [2.45, 2.75) is 10.6 Å². The number of aromatic nitrogens is 1. The van der Waals surface area contributed by atoms with Gasteiger partial charge in [0.2, 0.25) is 0 Å². The van der Waals surface area contributed by atoms with Gasteiger partial charge in [0.25, 0.3) is 0 Å². The number of pyridine rings is 1. The molecular formula is C12H10N2O2S. The van der Waals surface area contributed by atoms with Gasteiger partial charge in [-0.05, 0) is 21.5 Å². The molecule has 86 valence electrons. The summed E-state index contributed by atoms with van der Waals surface area (Å²) in [6.07, 6.45) is 1.53. The molecule has 0 atom stereocenters. The third kappa shape index (κ3) is 3.29. The summed E-state index contributed by atoms with van der Waals surface area (Å²) in [6, 6.07) is 13.2. The first-order valence-corrected chi connectivity index (χ1v) is 6.01. The number of hydrogen-bond donors (Lipinski definition) is 0. The lowest BCUT2D eigenvalue weighted by Gasteiger charge is -1.99. The van der Waals surface area contributed by atoms with Gasteiger partial charge in [-0.3, -0.25) is 0 Å². The molecule has 0 N–H and O–H groups in total. The molecule has 1 aromatic carbocycles. The highest BCUT2D eigenvalue weighted by molar-refractivity contribution is 7.98. The predicted molar refractivity (Wildman–Crippen MR) is 66.9 cm³/mol. The zero-order valence-corrected chi connectivity index (χ0v) is 9.76. The summed E-state index contributed by atoms with van der Waals surface area (Å²) in [6.45, 7) is 0. The highest BCUT2D eigenvalue weighted by Gasteiger charge is 2.06. The van der Waals surface area contributed by atoms with Crippen LogP contribution in [0.1, 0.15) is 5.56 Å². The molecule has 0 aliphatic carbocycles. The second-order valence-electron chi connectivity index (χ2n) is 3.38. The van der Waals surface area contributed by atoms with Crippen molar-refractivity contribution in [3.63, 3.8) is 0 Å². The second kappa shape index (κ2) is 5.45. The van der Waals surface area contributed by atoms with Gasteiger partial charge in [-0.2, -0.15) is 0 Å². The van der Waals surface area contributed by atoms with Crippen LogP contribution >= 0.6 is 11.8 Å². The standard InChI is InChI=1S/C12H10N2O2S/c15-14(16)12-7-6-11(8-13-12)17-9-10-4-2-1-3-5-10/h1-8H,9H2. The molecule has 0 saturated heterocycles. The Bertz CT molecular complexity index is 500. The molecule has 5 heteroatoms. The van der Waals surface area contributed by atoms with E-state index in [9.17, 15) is 10.1 Å². The largest absolute Gasteiger partial charge is 0.363 e. The van der Waals surface area contributed by atoms with Gasteiger partial charge in [0.15, 0.2) is 6.20 Å². The molecule has 2 aromatic rings. The Balaban J connectivity index is 1.98. The molecule has 0 fully saturated rings. The van der Waals surface area contributed by atoms with E-state index in [-0.39, 0.29) is 5.82 Å². The molecule has 1 aromatic heterocycles. The van der Waals surface area contributed by atoms with E-state index in [2.05, 4.69) is 4.98 Å². The van der Waals surface area contributed by atoms with Crippen molar-refractivity contribution < 1.29 is 4.92 Å². The number of nitro groups is 1. The van der Waals surface area contributed by atoms with Gasteiger partial charge in [0.1, 0.15) is 0 Å². The first-order chi connectivity index (χ1) is 8.25. The van der Waals surface area contributed by atoms with Crippen LogP contribution in [-0.2, 0) is 5.75 Å². The lowest BCUT2D eigenvalue weighted by Crippen LogP contribution is -1.90. The van der Waals surface area contributed by atoms with Crippen LogP contribution in [0, 0.1) is 10.1 Å². The average molecular weight is 246 g/mol. The molecule has 0 radical (unpaired) electrons. The summed E-state index contributed by atoms with van der Waals surface area (Å²) in [5, 5.41) is 10.4. The molecule has 1 heterocycles. The summed E-state index contributed by atoms with van der Waals surface area (Å²) >= 11 is 1.61. The molecule has 0 saturated carbocycles. The summed E-state index contributed by atoms with van der Waals surface area (Å²) in [4.78, 5) is 14.6. The SMILES string of the molecule is O=[N+]([O-])c1ccc(SCc2ccccc2)cn1. The summed E-state index contributed by atoms with van der Waals surface area (Å²) in [5.41, 5.74) is 1.22. The quantitative estimate of drug-likeness (QED) is 0.472. The van der Waals surface area contributed by atoms with Crippen LogP contribution in [0.25, 0.3) is 0 Å². The monoisotopic (exact) mass is 246 g/mol. The maximum absolute atomic E-state index is 10.4. The van der Waals surface area contributed by atoms with E-state index >= 15 is 0 Å². The first-order valence-electron chi connectivity index (χ1n) is 5.03. The molecule has 17 heavy (non-hydrogen) atoms. The fourth-order valence-corrected chi connectivity index (χ4v) is 2.12. The van der Waals surface area contributed by atoms with Crippen molar-refractivity contribution in [1.82, 2.24) is 4.98 Å². The lowest BCUT2D eigenvalue weighted by molar-refractivity contribution is -0.389. The van der Waals surface area contributed by atoms with E-state index in [4.69, 9.17) is 0 Å². The van der Waals surface area contributed by atoms with Crippen molar-refractivity contribution in [2.24, 2.45) is 0 Å². The average Bonchev–Trinajstić information content (AvgIpc) is 2.38. The maximum atomic E-state index is 10.4. The molecule has 0 bridgehead atoms. The van der Waals surface area contributed by atoms with Crippen LogP contribution < -0.4 is 0 Å². The van der Waals surface area contributed by atoms with Gasteiger partial charge >= 0.3 is 5.82 Å². The Hall–Kier alpha value is -1.88. The van der Waals surface area contributed by atoms with E-state index in [1.54, 1.807) is 17.8 Å². The Morgan fingerprint density at radius 2 is 1.94 bits per heavy atom. The van der Waals surface area contributed by atoms with E-state index in [1.165, 1.54) is 17.8 Å². The predicted octanol–water partition coefficient (Wildman–Crippen LogP) is 3.28. The van der Waals surface area contributed by atoms with Gasteiger partial charge in [0, 0.05) is 11.8 Å². The lowest BCUT2D eigenvalue weighted by atomic mass is 10.2. The summed E-state index contributed by atoms with van der Waals surface area (Å²) < 4.78 is 0. The number of hydrogen-bond acceptors (Lipinski definition) is 4. The van der Waals surface area contributed by atoms with Crippen LogP contribution in [0.3, 0.4) is 0 Å². The van der Waals surface area contributed by atoms with E-state index < -0.39 is 4.92 Å². The number of benzene rings is 1. The van der Waals surface area contributed by atoms with Gasteiger partial charge in [-0.25, -0.2) is 0 Å². The maximum Gasteiger partial charge on any atom is 0.363 e. The van der Waals surface area contributed by atoms with E-state index in [0.717, 1.165) is 10.6 Å². The summed E-state index contributed by atoms with van der Waals surface area (Å²) in [5.74, 6) is 0.717. The molecule has 0 unspecified atom stereocenters. The van der Waals surface area contributed by atoms with Crippen LogP contribution in [0.5, 0.6) is 0 Å². The van der Waals surface area contributed by atoms with Crippen molar-refractivity contribution in [3.8, 4) is 0 Å². The molecule has 0 aliphatic heterocycles. The first kappa shape index (κ1) is 11.6. The highest BCUT2D eigenvalue weighted by atomic mass is 32.2. The Morgan fingerprint density at radius 1 is 1.18 bits per heavy atom. The van der Waals surface area contributed by atoms with Crippen molar-refractivity contribution in [1.29, 1.82) is 0 Å². The Morgan fingerprint density at radius 3 is 2.53 bits per heavy atom. The molecular weight excluding hydrogens is 236 g/mol. The van der Waals surface area contributed by atoms with Crippen molar-refractivity contribution in [2.75, 3.05) is 0 Å². The third-order valence-electron chi connectivity index (χ3n) is 2.16. The molecule has 0 amide bonds. The Kier molecular flexibility index (Phi) is 3.72. The van der Waals surface area contributed by atoms with Crippen molar-refractivity contribution in [3.05, 3.63) is 64.3 Å². The topological polar surface area (TPSA) is 56.0 Å². The number of nitrogens with zero attached hydrogens (tertiary/aromatic N) is 2. The zero-order valence-electron chi connectivity index (χ0n) is 8.95. The van der Waals surface area contributed by atoms with E-state index in [0.29, 0.717) is 0 Å². The van der Waals surface area contributed by atoms with Gasteiger partial charge in [-0.15, -0.1) is 11.8 Å². The number of rotatable bonds is 4. The van der Waals surface area contributed by atoms with E-state index in [1.807, 2.05) is 30.3 Å². The van der Waals surface area contributed by atoms with Crippen LogP contribution in [0.4, 0.5) is 5.82 Å². The minimum absolute atomic E-state index is 0.117. The van der Waals surface area contributed by atoms with Crippen LogP contribution in [0.15, 0.2) is 53.6 Å². The van der Waals surface area contributed by atoms with Gasteiger partial charge < -0.3 is 10.1 Å². The highest BCUT2D eigenvalue weighted by Crippen LogP contribution is 2.22. The van der Waals surface area contributed by atoms with Crippen LogP contribution in [0.2, 0.25) is 0 Å². The molecule has 4 nitrogen and oxygen atoms in total. The smallest absolute Gasteiger partial charge is 0.358 e. The van der Waals surface area contributed by atoms with Gasteiger partial charge in [0.05, 0.1) is 4.90 Å².